The van der Waals surface area contributed by atoms with Crippen LogP contribution in [-0.4, -0.2) is 59.6 Å². The molecule has 0 aromatic rings. The maximum atomic E-state index is 2.73. The van der Waals surface area contributed by atoms with Gasteiger partial charge in [0.25, 0.3) is 0 Å². The molecule has 0 radical (unpaired) electrons. The quantitative estimate of drug-likeness (QED) is 0.751. The summed E-state index contributed by atoms with van der Waals surface area (Å²) in [4.78, 5) is 5.45. The zero-order valence-electron chi connectivity index (χ0n) is 13.2. The van der Waals surface area contributed by atoms with E-state index in [4.69, 9.17) is 0 Å². The lowest BCUT2D eigenvalue weighted by Crippen LogP contribution is -2.35. The highest BCUT2D eigenvalue weighted by molar-refractivity contribution is 8.00. The third kappa shape index (κ3) is 6.47. The van der Waals surface area contributed by atoms with Crippen LogP contribution in [0.25, 0.3) is 0 Å². The molecule has 21 heavy (non-hydrogen) atoms. The van der Waals surface area contributed by atoms with Crippen LogP contribution < -0.4 is 0 Å². The fourth-order valence-electron chi connectivity index (χ4n) is 3.91. The summed E-state index contributed by atoms with van der Waals surface area (Å²) in [6.07, 6.45) is 11.6. The predicted molar refractivity (Wildman–Crippen MR) is 99.5 cm³/mol. The molecule has 3 rings (SSSR count). The molecule has 3 saturated heterocycles. The number of likely N-dealkylation sites (tertiary alicyclic amines) is 2. The molecule has 0 aliphatic carbocycles. The van der Waals surface area contributed by atoms with Crippen molar-refractivity contribution in [2.45, 2.75) is 61.9 Å². The van der Waals surface area contributed by atoms with E-state index in [1.165, 1.54) is 90.6 Å². The zero-order chi connectivity index (χ0) is 12.9. The van der Waals surface area contributed by atoms with Crippen LogP contribution in [-0.2, 0) is 0 Å². The molecule has 0 aromatic carbocycles. The lowest BCUT2D eigenvalue weighted by Gasteiger charge is -2.30. The average molecular weight is 355 g/mol. The summed E-state index contributed by atoms with van der Waals surface area (Å²) in [5.41, 5.74) is 0. The van der Waals surface area contributed by atoms with Crippen molar-refractivity contribution in [1.82, 2.24) is 9.80 Å². The molecular weight excluding hydrogens is 323 g/mol. The molecule has 0 bridgehead atoms. The van der Waals surface area contributed by atoms with Crippen molar-refractivity contribution in [2.75, 3.05) is 39.3 Å². The largest absolute Gasteiger partial charge is 0.302 e. The van der Waals surface area contributed by atoms with E-state index in [1.54, 1.807) is 0 Å². The van der Waals surface area contributed by atoms with Crippen molar-refractivity contribution in [1.29, 1.82) is 0 Å². The van der Waals surface area contributed by atoms with E-state index in [-0.39, 0.29) is 24.8 Å². The highest BCUT2D eigenvalue weighted by Crippen LogP contribution is 2.35. The second-order valence-corrected chi connectivity index (χ2v) is 8.29. The second kappa shape index (κ2) is 10.6. The zero-order valence-corrected chi connectivity index (χ0v) is 15.6. The number of hydrogen-bond donors (Lipinski definition) is 0. The maximum absolute atomic E-state index is 2.73. The summed E-state index contributed by atoms with van der Waals surface area (Å²) in [5.74, 6) is 0. The molecule has 2 nitrogen and oxygen atoms in total. The summed E-state index contributed by atoms with van der Waals surface area (Å²) in [6, 6.07) is 0. The van der Waals surface area contributed by atoms with Gasteiger partial charge in [-0.3, -0.25) is 0 Å². The van der Waals surface area contributed by atoms with Gasteiger partial charge in [-0.05, 0) is 64.7 Å². The summed E-state index contributed by atoms with van der Waals surface area (Å²) >= 11 is 2.31. The topological polar surface area (TPSA) is 6.48 Å². The van der Waals surface area contributed by atoms with Gasteiger partial charge < -0.3 is 9.80 Å². The maximum Gasteiger partial charge on any atom is 0.0178 e. The van der Waals surface area contributed by atoms with Crippen LogP contribution in [0.5, 0.6) is 0 Å². The molecule has 3 fully saturated rings. The average Bonchev–Trinajstić information content (AvgIpc) is 2.88. The minimum absolute atomic E-state index is 0. The van der Waals surface area contributed by atoms with Gasteiger partial charge in [0.05, 0.1) is 0 Å². The van der Waals surface area contributed by atoms with Crippen molar-refractivity contribution in [3.8, 4) is 0 Å². The Labute approximate surface area is 147 Å². The number of nitrogens with zero attached hydrogens (tertiary/aromatic N) is 2. The SMILES string of the molecule is C1CCN(C[C@H]2CC[C@@H](CN3CCCCC3)S2)CC1.Cl.Cl. The van der Waals surface area contributed by atoms with Crippen LogP contribution in [0.15, 0.2) is 0 Å². The lowest BCUT2D eigenvalue weighted by molar-refractivity contribution is 0.225. The van der Waals surface area contributed by atoms with Crippen molar-refractivity contribution >= 4 is 36.6 Å². The predicted octanol–water partition coefficient (Wildman–Crippen LogP) is 4.07. The Morgan fingerprint density at radius 1 is 0.619 bits per heavy atom. The van der Waals surface area contributed by atoms with Gasteiger partial charge in [-0.15, -0.1) is 24.8 Å². The van der Waals surface area contributed by atoms with Crippen molar-refractivity contribution < 1.29 is 0 Å². The van der Waals surface area contributed by atoms with E-state index in [0.717, 1.165) is 10.5 Å². The number of halogens is 2. The third-order valence-corrected chi connectivity index (χ3v) is 6.56. The first-order valence-electron chi connectivity index (χ1n) is 8.50. The van der Waals surface area contributed by atoms with Crippen LogP contribution >= 0.6 is 36.6 Å². The molecule has 3 aliphatic heterocycles. The molecular formula is C16H32Cl2N2S. The monoisotopic (exact) mass is 354 g/mol. The Morgan fingerprint density at radius 2 is 1.00 bits per heavy atom. The summed E-state index contributed by atoms with van der Waals surface area (Å²) < 4.78 is 0. The molecule has 3 heterocycles. The third-order valence-electron chi connectivity index (χ3n) is 5.02. The van der Waals surface area contributed by atoms with Crippen molar-refractivity contribution in [3.63, 3.8) is 0 Å². The lowest BCUT2D eigenvalue weighted by atomic mass is 10.1. The van der Waals surface area contributed by atoms with E-state index in [9.17, 15) is 0 Å². The van der Waals surface area contributed by atoms with Gasteiger partial charge in [0.15, 0.2) is 0 Å². The van der Waals surface area contributed by atoms with Gasteiger partial charge in [-0.1, -0.05) is 12.8 Å². The van der Waals surface area contributed by atoms with Crippen LogP contribution in [0, 0.1) is 0 Å². The highest BCUT2D eigenvalue weighted by atomic mass is 35.5. The van der Waals surface area contributed by atoms with E-state index >= 15 is 0 Å². The Balaban J connectivity index is 0.00000110. The van der Waals surface area contributed by atoms with Gasteiger partial charge in [-0.2, -0.15) is 11.8 Å². The van der Waals surface area contributed by atoms with Gasteiger partial charge >= 0.3 is 0 Å². The fraction of sp³-hybridized carbons (Fsp3) is 1.00. The summed E-state index contributed by atoms with van der Waals surface area (Å²) in [6.45, 7) is 8.23. The molecule has 0 N–H and O–H groups in total. The highest BCUT2D eigenvalue weighted by Gasteiger charge is 2.28. The van der Waals surface area contributed by atoms with E-state index in [1.807, 2.05) is 0 Å². The van der Waals surface area contributed by atoms with Gasteiger partial charge in [0, 0.05) is 23.6 Å². The van der Waals surface area contributed by atoms with Crippen molar-refractivity contribution in [3.05, 3.63) is 0 Å². The minimum Gasteiger partial charge on any atom is -0.302 e. The molecule has 0 saturated carbocycles. The fourth-order valence-corrected chi connectivity index (χ4v) is 5.59. The van der Waals surface area contributed by atoms with E-state index in [2.05, 4.69) is 21.6 Å². The van der Waals surface area contributed by atoms with E-state index < -0.39 is 0 Å². The normalized spacial score (nSPS) is 31.4. The molecule has 0 amide bonds. The first-order valence-corrected chi connectivity index (χ1v) is 9.44. The van der Waals surface area contributed by atoms with Gasteiger partial charge in [0.1, 0.15) is 0 Å². The van der Waals surface area contributed by atoms with Crippen LogP contribution in [0.2, 0.25) is 0 Å². The standard InChI is InChI=1S/C16H30N2S.2ClH/c1-3-9-17(10-4-1)13-15-7-8-16(19-15)14-18-11-5-2-6-12-18;;/h15-16H,1-14H2;2*1H/t15-,16+;;. The second-order valence-electron chi connectivity index (χ2n) is 6.68. The summed E-state index contributed by atoms with van der Waals surface area (Å²) in [5, 5.41) is 1.88. The number of rotatable bonds is 4. The Bertz CT molecular complexity index is 243. The van der Waals surface area contributed by atoms with E-state index in [0.29, 0.717) is 0 Å². The molecule has 0 aromatic heterocycles. The molecule has 5 heteroatoms. The first kappa shape index (κ1) is 19.9. The number of piperidine rings is 2. The molecule has 0 unspecified atom stereocenters. The minimum atomic E-state index is 0. The Kier molecular flexibility index (Phi) is 10.0. The van der Waals surface area contributed by atoms with Crippen LogP contribution in [0.1, 0.15) is 51.4 Å². The Morgan fingerprint density at radius 3 is 1.38 bits per heavy atom. The van der Waals surface area contributed by atoms with Gasteiger partial charge in [0.2, 0.25) is 0 Å². The number of hydrogen-bond acceptors (Lipinski definition) is 3. The van der Waals surface area contributed by atoms with Crippen LogP contribution in [0.4, 0.5) is 0 Å². The smallest absolute Gasteiger partial charge is 0.0178 e. The first-order chi connectivity index (χ1) is 9.40. The van der Waals surface area contributed by atoms with Crippen molar-refractivity contribution in [2.24, 2.45) is 0 Å². The molecule has 3 aliphatic rings. The van der Waals surface area contributed by atoms with Gasteiger partial charge in [-0.25, -0.2) is 0 Å². The molecule has 0 spiro atoms. The molecule has 2 atom stereocenters. The van der Waals surface area contributed by atoms with Crippen LogP contribution in [0.3, 0.4) is 0 Å². The Hall–Kier alpha value is 0.850. The molecule has 126 valence electrons. The number of thioether (sulfide) groups is 1. The summed E-state index contributed by atoms with van der Waals surface area (Å²) in [7, 11) is 0.